The topological polar surface area (TPSA) is 0 Å². The summed E-state index contributed by atoms with van der Waals surface area (Å²) in [7, 11) is 0. The molecule has 0 saturated carbocycles. The average Bonchev–Trinajstić information content (AvgIpc) is 1.94. The van der Waals surface area contributed by atoms with Gasteiger partial charge in [-0.3, -0.25) is 0 Å². The van der Waals surface area contributed by atoms with E-state index in [0.29, 0.717) is 5.92 Å². The van der Waals surface area contributed by atoms with E-state index >= 15 is 0 Å². The molecule has 0 heterocycles. The Kier molecular flexibility index (Phi) is 8.54. The molecule has 1 atom stereocenters. The molecule has 1 unspecified atom stereocenters. The fourth-order valence-corrected chi connectivity index (χ4v) is 4.87. The highest BCUT2D eigenvalue weighted by Gasteiger charge is 2.27. The van der Waals surface area contributed by atoms with Crippen LogP contribution in [-0.4, -0.2) is 11.8 Å². The van der Waals surface area contributed by atoms with Crippen LogP contribution in [0.3, 0.4) is 0 Å². The van der Waals surface area contributed by atoms with Gasteiger partial charge >= 0.3 is 6.00 Å². The van der Waals surface area contributed by atoms with Crippen molar-refractivity contribution in [1.82, 2.24) is 0 Å². The summed E-state index contributed by atoms with van der Waals surface area (Å²) in [5, 5.41) is 0. The van der Waals surface area contributed by atoms with Crippen molar-refractivity contribution in [3.05, 3.63) is 0 Å². The molecule has 80 valence electrons. The van der Waals surface area contributed by atoms with Crippen molar-refractivity contribution in [2.45, 2.75) is 38.7 Å². The summed E-state index contributed by atoms with van der Waals surface area (Å²) in [6, 6.07) is -1.60. The van der Waals surface area contributed by atoms with E-state index in [2.05, 4.69) is 19.6 Å². The Labute approximate surface area is 102 Å². The molecule has 0 aromatic rings. The molecule has 5 heteroatoms. The summed E-state index contributed by atoms with van der Waals surface area (Å²) in [5.74, 6) is 1.53. The first-order valence-electron chi connectivity index (χ1n) is 4.63. The molecule has 0 bridgehead atoms. The van der Waals surface area contributed by atoms with Gasteiger partial charge in [0, 0.05) is 0 Å². The van der Waals surface area contributed by atoms with E-state index in [9.17, 15) is 0 Å². The second-order valence-corrected chi connectivity index (χ2v) is 13.1. The Morgan fingerprint density at radius 2 is 1.77 bits per heavy atom. The maximum Gasteiger partial charge on any atom is 0.341 e. The number of unbranched alkanes of at least 4 members (excludes halogenated alkanes) is 2. The third kappa shape index (κ3) is 11.4. The lowest BCUT2D eigenvalue weighted by Crippen LogP contribution is -2.13. The summed E-state index contributed by atoms with van der Waals surface area (Å²) in [6.45, 7) is 2.16. The molecule has 0 aliphatic rings. The van der Waals surface area contributed by atoms with E-state index in [1.165, 1.54) is 25.7 Å². The van der Waals surface area contributed by atoms with Crippen LogP contribution in [0.5, 0.6) is 0 Å². The van der Waals surface area contributed by atoms with E-state index in [-0.39, 0.29) is 0 Å². The van der Waals surface area contributed by atoms with Gasteiger partial charge in [0.1, 0.15) is 0 Å². The number of hydrogen-bond acceptors (Lipinski definition) is 1. The standard InChI is InChI=1S/C8H17Cl3SSi/c1-8(7-13(9,10)11)5-3-2-4-6-12/h8,12H,2-7H2,1H3. The number of rotatable bonds is 7. The van der Waals surface area contributed by atoms with Crippen molar-refractivity contribution in [2.75, 3.05) is 5.75 Å². The van der Waals surface area contributed by atoms with Crippen LogP contribution in [0.4, 0.5) is 0 Å². The molecule has 0 radical (unpaired) electrons. The van der Waals surface area contributed by atoms with Crippen LogP contribution in [-0.2, 0) is 0 Å². The Bertz CT molecular complexity index is 127. The molecule has 0 spiro atoms. The number of thiol groups is 1. The minimum absolute atomic E-state index is 0.555. The van der Waals surface area contributed by atoms with Gasteiger partial charge in [0.25, 0.3) is 0 Å². The zero-order valence-electron chi connectivity index (χ0n) is 7.90. The van der Waals surface area contributed by atoms with Crippen LogP contribution in [0.1, 0.15) is 32.6 Å². The minimum atomic E-state index is -2.39. The van der Waals surface area contributed by atoms with Crippen LogP contribution >= 0.6 is 45.9 Å². The molecule has 0 aliphatic heterocycles. The molecule has 13 heavy (non-hydrogen) atoms. The second kappa shape index (κ2) is 7.69. The van der Waals surface area contributed by atoms with E-state index in [4.69, 9.17) is 33.2 Å². The minimum Gasteiger partial charge on any atom is -0.179 e. The molecule has 0 aromatic carbocycles. The fraction of sp³-hybridized carbons (Fsp3) is 1.00. The summed E-state index contributed by atoms with van der Waals surface area (Å²) in [5.41, 5.74) is 0. The van der Waals surface area contributed by atoms with E-state index in [1.54, 1.807) is 0 Å². The smallest absolute Gasteiger partial charge is 0.179 e. The van der Waals surface area contributed by atoms with Gasteiger partial charge in [-0.1, -0.05) is 26.2 Å². The van der Waals surface area contributed by atoms with Crippen LogP contribution in [0, 0.1) is 5.92 Å². The highest BCUT2D eigenvalue weighted by atomic mass is 35.8. The quantitative estimate of drug-likeness (QED) is 0.295. The monoisotopic (exact) mass is 278 g/mol. The highest BCUT2D eigenvalue weighted by Crippen LogP contribution is 2.31. The maximum absolute atomic E-state index is 5.83. The van der Waals surface area contributed by atoms with E-state index < -0.39 is 6.00 Å². The summed E-state index contributed by atoms with van der Waals surface area (Å²) in [4.78, 5) is 0. The van der Waals surface area contributed by atoms with Gasteiger partial charge in [-0.2, -0.15) is 12.6 Å². The molecule has 0 fully saturated rings. The van der Waals surface area contributed by atoms with Crippen molar-refractivity contribution < 1.29 is 0 Å². The summed E-state index contributed by atoms with van der Waals surface area (Å²) in [6.07, 6.45) is 4.85. The molecule has 0 rings (SSSR count). The Morgan fingerprint density at radius 1 is 1.15 bits per heavy atom. The molecule has 0 N–H and O–H groups in total. The SMILES string of the molecule is CC(CCCCCS)C[Si](Cl)(Cl)Cl. The van der Waals surface area contributed by atoms with Gasteiger partial charge in [0.2, 0.25) is 0 Å². The first kappa shape index (κ1) is 14.4. The predicted octanol–water partition coefficient (Wildman–Crippen LogP) is 4.77. The molecule has 0 saturated heterocycles. The van der Waals surface area contributed by atoms with E-state index in [1.807, 2.05) is 0 Å². The largest absolute Gasteiger partial charge is 0.341 e. The van der Waals surface area contributed by atoms with Gasteiger partial charge in [-0.25, -0.2) is 0 Å². The Hall–Kier alpha value is 1.44. The zero-order valence-corrected chi connectivity index (χ0v) is 12.1. The fourth-order valence-electron chi connectivity index (χ4n) is 1.28. The lowest BCUT2D eigenvalue weighted by atomic mass is 10.1. The lowest BCUT2D eigenvalue weighted by Gasteiger charge is -2.14. The van der Waals surface area contributed by atoms with Crippen LogP contribution in [0.25, 0.3) is 0 Å². The van der Waals surface area contributed by atoms with Crippen LogP contribution < -0.4 is 0 Å². The first-order valence-corrected chi connectivity index (χ1v) is 10.5. The van der Waals surface area contributed by atoms with Gasteiger partial charge < -0.3 is 0 Å². The van der Waals surface area contributed by atoms with Gasteiger partial charge in [0.15, 0.2) is 0 Å². The maximum atomic E-state index is 5.83. The van der Waals surface area contributed by atoms with Gasteiger partial charge in [0.05, 0.1) is 0 Å². The number of halogens is 3. The van der Waals surface area contributed by atoms with Crippen LogP contribution in [0.15, 0.2) is 0 Å². The molecule has 0 nitrogen and oxygen atoms in total. The first-order chi connectivity index (χ1) is 5.95. The van der Waals surface area contributed by atoms with Crippen LogP contribution in [0.2, 0.25) is 6.04 Å². The molecular formula is C8H17Cl3SSi. The lowest BCUT2D eigenvalue weighted by molar-refractivity contribution is 0.534. The third-order valence-corrected chi connectivity index (χ3v) is 4.80. The molecular weight excluding hydrogens is 263 g/mol. The third-order valence-electron chi connectivity index (χ3n) is 1.93. The molecule has 0 aromatic heterocycles. The normalized spacial score (nSPS) is 14.5. The number of hydrogen-bond donors (Lipinski definition) is 1. The van der Waals surface area contributed by atoms with Crippen molar-refractivity contribution in [3.8, 4) is 0 Å². The van der Waals surface area contributed by atoms with E-state index in [0.717, 1.165) is 11.8 Å². The van der Waals surface area contributed by atoms with Gasteiger partial charge in [-0.15, -0.1) is 33.2 Å². The van der Waals surface area contributed by atoms with Gasteiger partial charge in [-0.05, 0) is 24.1 Å². The molecule has 0 amide bonds. The van der Waals surface area contributed by atoms with Crippen molar-refractivity contribution in [1.29, 1.82) is 0 Å². The Balaban J connectivity index is 3.35. The Morgan fingerprint density at radius 3 is 2.23 bits per heavy atom. The van der Waals surface area contributed by atoms with Crippen molar-refractivity contribution in [3.63, 3.8) is 0 Å². The molecule has 0 aliphatic carbocycles. The summed E-state index contributed by atoms with van der Waals surface area (Å²) >= 11 is 21.6. The second-order valence-electron chi connectivity index (χ2n) is 3.50. The van der Waals surface area contributed by atoms with Crippen molar-refractivity contribution in [2.24, 2.45) is 5.92 Å². The zero-order chi connectivity index (χ0) is 10.3. The average molecular weight is 280 g/mol. The van der Waals surface area contributed by atoms with Crippen molar-refractivity contribution >= 4 is 51.9 Å². The summed E-state index contributed by atoms with van der Waals surface area (Å²) < 4.78 is 0. The predicted molar refractivity (Wildman–Crippen MR) is 69.6 cm³/mol. The highest BCUT2D eigenvalue weighted by molar-refractivity contribution is 7.80.